The van der Waals surface area contributed by atoms with Gasteiger partial charge in [0.05, 0.1) is 27.8 Å². The summed E-state index contributed by atoms with van der Waals surface area (Å²) in [5, 5.41) is 0.838. The second kappa shape index (κ2) is 6.31. The van der Waals surface area contributed by atoms with Crippen molar-refractivity contribution >= 4 is 42.4 Å². The summed E-state index contributed by atoms with van der Waals surface area (Å²) in [4.78, 5) is 0. The molecule has 3 nitrogen and oxygen atoms in total. The SMILES string of the molecule is CCOP(=O)(CC)Oc1cc(Cl)c(Cl)cc1Cl. The molecule has 0 radical (unpaired) electrons. The molecular weight excluding hydrogens is 305 g/mol. The highest BCUT2D eigenvalue weighted by molar-refractivity contribution is 7.54. The van der Waals surface area contributed by atoms with Crippen molar-refractivity contribution in [3.63, 3.8) is 0 Å². The Bertz CT molecular complexity index is 451. The van der Waals surface area contributed by atoms with Crippen molar-refractivity contribution in [3.8, 4) is 5.75 Å². The van der Waals surface area contributed by atoms with Crippen LogP contribution in [0.2, 0.25) is 15.1 Å². The van der Waals surface area contributed by atoms with Crippen molar-refractivity contribution < 1.29 is 13.6 Å². The zero-order chi connectivity index (χ0) is 13.1. The highest BCUT2D eigenvalue weighted by Gasteiger charge is 2.24. The molecule has 0 amide bonds. The summed E-state index contributed by atoms with van der Waals surface area (Å²) in [6, 6.07) is 2.86. The van der Waals surface area contributed by atoms with E-state index in [0.717, 1.165) is 0 Å². The quantitative estimate of drug-likeness (QED) is 0.548. The third-order valence-electron chi connectivity index (χ3n) is 1.93. The molecule has 0 aromatic heterocycles. The number of rotatable bonds is 5. The lowest BCUT2D eigenvalue weighted by Gasteiger charge is -2.18. The molecular formula is C10H12Cl3O3P. The Balaban J connectivity index is 3.02. The van der Waals surface area contributed by atoms with Crippen LogP contribution in [0.25, 0.3) is 0 Å². The zero-order valence-electron chi connectivity index (χ0n) is 9.37. The maximum Gasteiger partial charge on any atom is 0.378 e. The van der Waals surface area contributed by atoms with Crippen LogP contribution in [0, 0.1) is 0 Å². The average Bonchev–Trinajstić information content (AvgIpc) is 2.26. The molecule has 1 aromatic carbocycles. The Morgan fingerprint density at radius 3 is 2.24 bits per heavy atom. The summed E-state index contributed by atoms with van der Waals surface area (Å²) >= 11 is 17.5. The molecule has 1 rings (SSSR count). The third kappa shape index (κ3) is 4.04. The van der Waals surface area contributed by atoms with E-state index in [2.05, 4.69) is 0 Å². The van der Waals surface area contributed by atoms with Crippen molar-refractivity contribution in [1.29, 1.82) is 0 Å². The number of benzene rings is 1. The van der Waals surface area contributed by atoms with Crippen molar-refractivity contribution in [2.75, 3.05) is 12.8 Å². The van der Waals surface area contributed by atoms with Gasteiger partial charge in [0.2, 0.25) is 0 Å². The van der Waals surface area contributed by atoms with E-state index in [9.17, 15) is 4.57 Å². The highest BCUT2D eigenvalue weighted by atomic mass is 35.5. The van der Waals surface area contributed by atoms with Crippen LogP contribution in [-0.4, -0.2) is 12.8 Å². The maximum absolute atomic E-state index is 12.1. The Labute approximate surface area is 115 Å². The van der Waals surface area contributed by atoms with Crippen LogP contribution >= 0.6 is 42.4 Å². The summed E-state index contributed by atoms with van der Waals surface area (Å²) in [6.45, 7) is 3.74. The number of halogens is 3. The van der Waals surface area contributed by atoms with Crippen molar-refractivity contribution in [3.05, 3.63) is 27.2 Å². The minimum atomic E-state index is -3.17. The minimum absolute atomic E-state index is 0.208. The molecule has 1 unspecified atom stereocenters. The molecule has 17 heavy (non-hydrogen) atoms. The Morgan fingerprint density at radius 1 is 1.12 bits per heavy atom. The molecule has 0 saturated heterocycles. The minimum Gasteiger partial charge on any atom is -0.423 e. The first-order valence-electron chi connectivity index (χ1n) is 4.99. The van der Waals surface area contributed by atoms with Crippen LogP contribution in [-0.2, 0) is 9.09 Å². The van der Waals surface area contributed by atoms with Gasteiger partial charge < -0.3 is 9.05 Å². The molecule has 1 atom stereocenters. The molecule has 96 valence electrons. The lowest BCUT2D eigenvalue weighted by molar-refractivity contribution is 0.280. The topological polar surface area (TPSA) is 35.5 Å². The van der Waals surface area contributed by atoms with Gasteiger partial charge in [0, 0.05) is 6.07 Å². The molecule has 1 aromatic rings. The van der Waals surface area contributed by atoms with E-state index < -0.39 is 7.60 Å². The zero-order valence-corrected chi connectivity index (χ0v) is 12.5. The van der Waals surface area contributed by atoms with Crippen LogP contribution < -0.4 is 4.52 Å². The van der Waals surface area contributed by atoms with E-state index in [4.69, 9.17) is 43.9 Å². The van der Waals surface area contributed by atoms with Gasteiger partial charge in [-0.15, -0.1) is 0 Å². The first kappa shape index (κ1) is 15.1. The standard InChI is InChI=1S/C10H12Cl3O3P/c1-3-15-17(14,4-2)16-10-6-8(12)7(11)5-9(10)13/h5-6H,3-4H2,1-2H3. The number of hydrogen-bond donors (Lipinski definition) is 0. The molecule has 0 fully saturated rings. The molecule has 0 saturated carbocycles. The van der Waals surface area contributed by atoms with Gasteiger partial charge in [0.25, 0.3) is 0 Å². The average molecular weight is 318 g/mol. The molecule has 0 spiro atoms. The van der Waals surface area contributed by atoms with Crippen LogP contribution in [0.15, 0.2) is 12.1 Å². The van der Waals surface area contributed by atoms with Gasteiger partial charge in [0.1, 0.15) is 5.75 Å². The van der Waals surface area contributed by atoms with Crippen molar-refractivity contribution in [2.24, 2.45) is 0 Å². The maximum atomic E-state index is 12.1. The Kier molecular flexibility index (Phi) is 5.62. The number of hydrogen-bond acceptors (Lipinski definition) is 3. The van der Waals surface area contributed by atoms with E-state index in [0.29, 0.717) is 11.6 Å². The van der Waals surface area contributed by atoms with Gasteiger partial charge >= 0.3 is 7.60 Å². The fraction of sp³-hybridized carbons (Fsp3) is 0.400. The summed E-state index contributed by atoms with van der Waals surface area (Å²) in [5.74, 6) is 0.208. The van der Waals surface area contributed by atoms with E-state index in [-0.39, 0.29) is 22.0 Å². The lowest BCUT2D eigenvalue weighted by Crippen LogP contribution is -2.00. The fourth-order valence-electron chi connectivity index (χ4n) is 1.10. The highest BCUT2D eigenvalue weighted by Crippen LogP contribution is 2.50. The van der Waals surface area contributed by atoms with Crippen LogP contribution in [0.3, 0.4) is 0 Å². The molecule has 0 bridgehead atoms. The van der Waals surface area contributed by atoms with Crippen LogP contribution in [0.1, 0.15) is 13.8 Å². The normalized spacial score (nSPS) is 14.4. The summed E-state index contributed by atoms with van der Waals surface area (Å²) in [7, 11) is -3.17. The fourth-order valence-corrected chi connectivity index (χ4v) is 2.94. The molecule has 0 aliphatic heterocycles. The van der Waals surface area contributed by atoms with Gasteiger partial charge in [-0.2, -0.15) is 0 Å². The van der Waals surface area contributed by atoms with Crippen LogP contribution in [0.4, 0.5) is 0 Å². The van der Waals surface area contributed by atoms with Gasteiger partial charge in [-0.25, -0.2) is 4.57 Å². The smallest absolute Gasteiger partial charge is 0.378 e. The van der Waals surface area contributed by atoms with Gasteiger partial charge in [-0.3, -0.25) is 0 Å². The molecule has 0 heterocycles. The largest absolute Gasteiger partial charge is 0.423 e. The third-order valence-corrected chi connectivity index (χ3v) is 4.84. The summed E-state index contributed by atoms with van der Waals surface area (Å²) in [6.07, 6.45) is 0.247. The Hall–Kier alpha value is 0.0800. The van der Waals surface area contributed by atoms with Gasteiger partial charge in [0.15, 0.2) is 0 Å². The summed E-state index contributed by atoms with van der Waals surface area (Å²) in [5.41, 5.74) is 0. The van der Waals surface area contributed by atoms with Crippen molar-refractivity contribution in [1.82, 2.24) is 0 Å². The van der Waals surface area contributed by atoms with E-state index >= 15 is 0 Å². The predicted molar refractivity (Wildman–Crippen MR) is 71.9 cm³/mol. The molecule has 0 aliphatic carbocycles. The molecule has 7 heteroatoms. The molecule has 0 aliphatic rings. The van der Waals surface area contributed by atoms with E-state index in [1.807, 2.05) is 0 Å². The first-order chi connectivity index (χ1) is 7.91. The van der Waals surface area contributed by atoms with Crippen molar-refractivity contribution in [2.45, 2.75) is 13.8 Å². The van der Waals surface area contributed by atoms with Gasteiger partial charge in [-0.1, -0.05) is 41.7 Å². The Morgan fingerprint density at radius 2 is 1.71 bits per heavy atom. The second-order valence-electron chi connectivity index (χ2n) is 3.13. The lowest BCUT2D eigenvalue weighted by atomic mass is 10.3. The molecule has 0 N–H and O–H groups in total. The van der Waals surface area contributed by atoms with E-state index in [1.54, 1.807) is 13.8 Å². The van der Waals surface area contributed by atoms with E-state index in [1.165, 1.54) is 12.1 Å². The predicted octanol–water partition coefficient (Wildman–Crippen LogP) is 5.28. The van der Waals surface area contributed by atoms with Gasteiger partial charge in [-0.05, 0) is 13.0 Å². The second-order valence-corrected chi connectivity index (χ2v) is 6.65. The van der Waals surface area contributed by atoms with Crippen LogP contribution in [0.5, 0.6) is 5.75 Å². The summed E-state index contributed by atoms with van der Waals surface area (Å²) < 4.78 is 22.5. The first-order valence-corrected chi connectivity index (χ1v) is 7.85. The monoisotopic (exact) mass is 316 g/mol.